The summed E-state index contributed by atoms with van der Waals surface area (Å²) in [6.07, 6.45) is 10.7. The molecule has 2 fully saturated rings. The SMILES string of the molecule is CCC(COC(C)=O)(COC(=O)C1CCCCC1)COC(=O)C1CCCCC1. The molecule has 0 heterocycles. The Hall–Kier alpha value is -1.59. The van der Waals surface area contributed by atoms with Crippen LogP contribution in [-0.2, 0) is 28.6 Å². The monoisotopic (exact) mass is 396 g/mol. The highest BCUT2D eigenvalue weighted by atomic mass is 16.6. The van der Waals surface area contributed by atoms with Gasteiger partial charge in [0.05, 0.1) is 17.3 Å². The zero-order valence-electron chi connectivity index (χ0n) is 17.5. The summed E-state index contributed by atoms with van der Waals surface area (Å²) in [5, 5.41) is 0. The van der Waals surface area contributed by atoms with Crippen molar-refractivity contribution in [2.75, 3.05) is 19.8 Å². The van der Waals surface area contributed by atoms with Crippen LogP contribution in [0.3, 0.4) is 0 Å². The van der Waals surface area contributed by atoms with Crippen LogP contribution in [0.2, 0.25) is 0 Å². The number of ether oxygens (including phenoxy) is 3. The molecule has 2 aliphatic rings. The van der Waals surface area contributed by atoms with Gasteiger partial charge in [0, 0.05) is 6.92 Å². The van der Waals surface area contributed by atoms with Crippen molar-refractivity contribution in [2.45, 2.75) is 84.5 Å². The molecule has 0 aromatic rings. The van der Waals surface area contributed by atoms with Gasteiger partial charge in [0.2, 0.25) is 0 Å². The number of hydrogen-bond donors (Lipinski definition) is 0. The zero-order chi connectivity index (χ0) is 20.4. The van der Waals surface area contributed by atoms with E-state index in [1.54, 1.807) is 0 Å². The molecule has 6 nitrogen and oxygen atoms in total. The molecule has 0 aromatic heterocycles. The molecule has 2 rings (SSSR count). The van der Waals surface area contributed by atoms with Crippen LogP contribution in [0.1, 0.15) is 84.5 Å². The fourth-order valence-corrected chi connectivity index (χ4v) is 4.05. The zero-order valence-corrected chi connectivity index (χ0v) is 17.5. The van der Waals surface area contributed by atoms with Gasteiger partial charge in [0.15, 0.2) is 0 Å². The van der Waals surface area contributed by atoms with Gasteiger partial charge in [-0.25, -0.2) is 0 Å². The van der Waals surface area contributed by atoms with E-state index in [0.717, 1.165) is 51.4 Å². The van der Waals surface area contributed by atoms with E-state index in [1.165, 1.54) is 19.8 Å². The van der Waals surface area contributed by atoms with E-state index < -0.39 is 11.4 Å². The lowest BCUT2D eigenvalue weighted by molar-refractivity contribution is -0.166. The standard InChI is InChI=1S/C22H36O6/c1-3-22(14-26-17(2)23,15-27-20(24)18-10-6-4-7-11-18)16-28-21(25)19-12-8-5-9-13-19/h18-19H,3-16H2,1-2H3. The van der Waals surface area contributed by atoms with Crippen LogP contribution >= 0.6 is 0 Å². The van der Waals surface area contributed by atoms with E-state index in [1.807, 2.05) is 6.92 Å². The lowest BCUT2D eigenvalue weighted by Gasteiger charge is -2.32. The Morgan fingerprint density at radius 2 is 1.11 bits per heavy atom. The molecule has 0 spiro atoms. The van der Waals surface area contributed by atoms with Gasteiger partial charge in [-0.15, -0.1) is 0 Å². The first kappa shape index (κ1) is 22.7. The number of carbonyl (C=O) groups is 3. The van der Waals surface area contributed by atoms with Gasteiger partial charge >= 0.3 is 17.9 Å². The van der Waals surface area contributed by atoms with Crippen molar-refractivity contribution in [3.05, 3.63) is 0 Å². The molecule has 160 valence electrons. The van der Waals surface area contributed by atoms with Crippen LogP contribution < -0.4 is 0 Å². The highest BCUT2D eigenvalue weighted by Crippen LogP contribution is 2.30. The Morgan fingerprint density at radius 1 is 0.714 bits per heavy atom. The molecule has 2 aliphatic carbocycles. The van der Waals surface area contributed by atoms with Gasteiger partial charge in [-0.3, -0.25) is 14.4 Å². The Balaban J connectivity index is 1.93. The number of rotatable bonds is 9. The molecule has 0 amide bonds. The molecule has 0 radical (unpaired) electrons. The molecule has 0 N–H and O–H groups in total. The van der Waals surface area contributed by atoms with E-state index in [-0.39, 0.29) is 43.6 Å². The lowest BCUT2D eigenvalue weighted by atomic mass is 9.86. The second-order valence-corrected chi connectivity index (χ2v) is 8.52. The van der Waals surface area contributed by atoms with Crippen LogP contribution in [0.5, 0.6) is 0 Å². The molecule has 0 aliphatic heterocycles. The average Bonchev–Trinajstić information content (AvgIpc) is 2.74. The summed E-state index contributed by atoms with van der Waals surface area (Å²) < 4.78 is 16.5. The predicted molar refractivity (Wildman–Crippen MR) is 104 cm³/mol. The smallest absolute Gasteiger partial charge is 0.308 e. The Labute approximate surface area is 168 Å². The third kappa shape index (κ3) is 7.10. The molecule has 0 bridgehead atoms. The van der Waals surface area contributed by atoms with Crippen LogP contribution in [0.15, 0.2) is 0 Å². The first-order valence-electron chi connectivity index (χ1n) is 10.9. The number of hydrogen-bond acceptors (Lipinski definition) is 6. The van der Waals surface area contributed by atoms with Gasteiger partial charge in [-0.2, -0.15) is 0 Å². The van der Waals surface area contributed by atoms with Gasteiger partial charge in [0.1, 0.15) is 19.8 Å². The van der Waals surface area contributed by atoms with Crippen molar-refractivity contribution in [3.63, 3.8) is 0 Å². The minimum absolute atomic E-state index is 0.0400. The fourth-order valence-electron chi connectivity index (χ4n) is 4.05. The Bertz CT molecular complexity index is 483. The number of esters is 3. The summed E-state index contributed by atoms with van der Waals surface area (Å²) in [4.78, 5) is 36.2. The Kier molecular flexibility index (Phi) is 9.26. The van der Waals surface area contributed by atoms with Crippen molar-refractivity contribution in [2.24, 2.45) is 17.3 Å². The first-order valence-corrected chi connectivity index (χ1v) is 10.9. The molecule has 6 heteroatoms. The first-order chi connectivity index (χ1) is 13.5. The predicted octanol–water partition coefficient (Wildman–Crippen LogP) is 4.19. The normalized spacial score (nSPS) is 19.1. The van der Waals surface area contributed by atoms with Crippen molar-refractivity contribution in [1.82, 2.24) is 0 Å². The summed E-state index contributed by atoms with van der Waals surface area (Å²) in [7, 11) is 0. The van der Waals surface area contributed by atoms with E-state index in [0.29, 0.717) is 6.42 Å². The van der Waals surface area contributed by atoms with Crippen LogP contribution in [-0.4, -0.2) is 37.7 Å². The van der Waals surface area contributed by atoms with Gasteiger partial charge in [0.25, 0.3) is 0 Å². The second kappa shape index (κ2) is 11.4. The molecule has 0 unspecified atom stereocenters. The lowest BCUT2D eigenvalue weighted by Crippen LogP contribution is -2.40. The fraction of sp³-hybridized carbons (Fsp3) is 0.864. The highest BCUT2D eigenvalue weighted by Gasteiger charge is 2.36. The maximum atomic E-state index is 12.4. The molecule has 0 atom stereocenters. The molecule has 2 saturated carbocycles. The van der Waals surface area contributed by atoms with Gasteiger partial charge < -0.3 is 14.2 Å². The van der Waals surface area contributed by atoms with Crippen molar-refractivity contribution in [3.8, 4) is 0 Å². The Morgan fingerprint density at radius 3 is 1.46 bits per heavy atom. The molecular weight excluding hydrogens is 360 g/mol. The van der Waals surface area contributed by atoms with E-state index in [4.69, 9.17) is 14.2 Å². The largest absolute Gasteiger partial charge is 0.465 e. The molecule has 0 aromatic carbocycles. The molecule has 28 heavy (non-hydrogen) atoms. The quantitative estimate of drug-likeness (QED) is 0.429. The minimum atomic E-state index is -0.694. The highest BCUT2D eigenvalue weighted by molar-refractivity contribution is 5.73. The maximum absolute atomic E-state index is 12.4. The molecule has 0 saturated heterocycles. The van der Waals surface area contributed by atoms with Crippen molar-refractivity contribution in [1.29, 1.82) is 0 Å². The van der Waals surface area contributed by atoms with E-state index in [9.17, 15) is 14.4 Å². The summed E-state index contributed by atoms with van der Waals surface area (Å²) in [5.74, 6) is -0.836. The molecular formula is C22H36O6. The summed E-state index contributed by atoms with van der Waals surface area (Å²) in [6, 6.07) is 0. The summed E-state index contributed by atoms with van der Waals surface area (Å²) in [6.45, 7) is 3.57. The van der Waals surface area contributed by atoms with Crippen molar-refractivity contribution < 1.29 is 28.6 Å². The van der Waals surface area contributed by atoms with Crippen LogP contribution in [0.25, 0.3) is 0 Å². The van der Waals surface area contributed by atoms with Crippen molar-refractivity contribution >= 4 is 17.9 Å². The van der Waals surface area contributed by atoms with Gasteiger partial charge in [-0.1, -0.05) is 45.4 Å². The van der Waals surface area contributed by atoms with Crippen LogP contribution in [0, 0.1) is 17.3 Å². The van der Waals surface area contributed by atoms with E-state index in [2.05, 4.69) is 0 Å². The van der Waals surface area contributed by atoms with E-state index >= 15 is 0 Å². The third-order valence-corrected chi connectivity index (χ3v) is 6.25. The maximum Gasteiger partial charge on any atom is 0.308 e. The number of carbonyl (C=O) groups excluding carboxylic acids is 3. The average molecular weight is 397 g/mol. The van der Waals surface area contributed by atoms with Gasteiger partial charge in [-0.05, 0) is 32.1 Å². The minimum Gasteiger partial charge on any atom is -0.465 e. The second-order valence-electron chi connectivity index (χ2n) is 8.52. The third-order valence-electron chi connectivity index (χ3n) is 6.25. The van der Waals surface area contributed by atoms with Crippen LogP contribution in [0.4, 0.5) is 0 Å². The summed E-state index contributed by atoms with van der Waals surface area (Å²) >= 11 is 0. The topological polar surface area (TPSA) is 78.9 Å². The summed E-state index contributed by atoms with van der Waals surface area (Å²) in [5.41, 5.74) is -0.694.